The van der Waals surface area contributed by atoms with Crippen molar-refractivity contribution in [1.29, 1.82) is 5.26 Å². The molecule has 146 valence electrons. The number of hydrogen-bond acceptors (Lipinski definition) is 7. The molecule has 27 heavy (non-hydrogen) atoms. The summed E-state index contributed by atoms with van der Waals surface area (Å²) in [7, 11) is -3.02. The SMILES string of the molecule is CC(C)(C)OC(=O)N1Cc2ccc(C#N)nc2C(N2CCS(=O)(=O)CC2)C1. The molecule has 1 amide bonds. The van der Waals surface area contributed by atoms with E-state index in [1.165, 1.54) is 0 Å². The van der Waals surface area contributed by atoms with Crippen molar-refractivity contribution in [3.8, 4) is 6.07 Å². The summed E-state index contributed by atoms with van der Waals surface area (Å²) in [5.74, 6) is 0.173. The Kier molecular flexibility index (Phi) is 5.14. The number of aromatic nitrogens is 1. The Bertz CT molecular complexity index is 872. The maximum absolute atomic E-state index is 12.6. The molecule has 1 aromatic heterocycles. The molecule has 2 aliphatic heterocycles. The van der Waals surface area contributed by atoms with Gasteiger partial charge in [0.25, 0.3) is 0 Å². The van der Waals surface area contributed by atoms with E-state index in [0.29, 0.717) is 31.9 Å². The third kappa shape index (κ3) is 4.57. The lowest BCUT2D eigenvalue weighted by Gasteiger charge is -2.41. The molecule has 1 saturated heterocycles. The number of fused-ring (bicyclic) bond motifs is 1. The molecule has 1 fully saturated rings. The van der Waals surface area contributed by atoms with E-state index in [2.05, 4.69) is 4.98 Å². The van der Waals surface area contributed by atoms with Crippen LogP contribution in [0.15, 0.2) is 12.1 Å². The monoisotopic (exact) mass is 392 g/mol. The number of rotatable bonds is 1. The molecule has 0 aliphatic carbocycles. The first-order chi connectivity index (χ1) is 12.6. The largest absolute Gasteiger partial charge is 0.444 e. The molecule has 1 atom stereocenters. The van der Waals surface area contributed by atoms with Gasteiger partial charge in [-0.25, -0.2) is 18.2 Å². The van der Waals surface area contributed by atoms with Gasteiger partial charge >= 0.3 is 6.09 Å². The van der Waals surface area contributed by atoms with Crippen molar-refractivity contribution in [2.24, 2.45) is 0 Å². The summed E-state index contributed by atoms with van der Waals surface area (Å²) in [6, 6.07) is 5.23. The molecule has 0 N–H and O–H groups in total. The van der Waals surface area contributed by atoms with E-state index >= 15 is 0 Å². The number of hydrogen-bond donors (Lipinski definition) is 0. The molecule has 3 heterocycles. The summed E-state index contributed by atoms with van der Waals surface area (Å²) in [4.78, 5) is 20.7. The first-order valence-electron chi connectivity index (χ1n) is 8.90. The minimum atomic E-state index is -3.02. The van der Waals surface area contributed by atoms with Crippen LogP contribution in [0, 0.1) is 11.3 Å². The Balaban J connectivity index is 1.90. The fourth-order valence-electron chi connectivity index (χ4n) is 3.35. The van der Waals surface area contributed by atoms with E-state index in [1.54, 1.807) is 11.0 Å². The van der Waals surface area contributed by atoms with Crippen LogP contribution in [0.3, 0.4) is 0 Å². The van der Waals surface area contributed by atoms with Gasteiger partial charge in [-0.05, 0) is 32.4 Å². The molecule has 2 aliphatic rings. The van der Waals surface area contributed by atoms with Crippen LogP contribution in [-0.2, 0) is 21.1 Å². The fourth-order valence-corrected chi connectivity index (χ4v) is 4.58. The number of carbonyl (C=O) groups excluding carboxylic acids is 1. The van der Waals surface area contributed by atoms with Crippen molar-refractivity contribution >= 4 is 15.9 Å². The van der Waals surface area contributed by atoms with Gasteiger partial charge in [0.2, 0.25) is 0 Å². The van der Waals surface area contributed by atoms with Gasteiger partial charge in [0, 0.05) is 19.6 Å². The molecule has 0 radical (unpaired) electrons. The predicted octanol–water partition coefficient (Wildman–Crippen LogP) is 1.48. The number of amides is 1. The van der Waals surface area contributed by atoms with Crippen molar-refractivity contribution < 1.29 is 17.9 Å². The highest BCUT2D eigenvalue weighted by molar-refractivity contribution is 7.91. The van der Waals surface area contributed by atoms with Gasteiger partial charge in [-0.15, -0.1) is 0 Å². The lowest BCUT2D eigenvalue weighted by atomic mass is 9.99. The molecule has 0 aromatic carbocycles. The molecular formula is C18H24N4O4S. The zero-order chi connectivity index (χ0) is 19.8. The molecule has 3 rings (SSSR count). The summed E-state index contributed by atoms with van der Waals surface area (Å²) in [5.41, 5.74) is 1.31. The van der Waals surface area contributed by atoms with Gasteiger partial charge < -0.3 is 9.64 Å². The molecule has 0 spiro atoms. The highest BCUT2D eigenvalue weighted by Crippen LogP contribution is 2.31. The lowest BCUT2D eigenvalue weighted by Crippen LogP contribution is -2.50. The van der Waals surface area contributed by atoms with Crippen molar-refractivity contribution in [3.63, 3.8) is 0 Å². The second-order valence-corrected chi connectivity index (χ2v) is 10.2. The van der Waals surface area contributed by atoms with Gasteiger partial charge in [0.05, 0.1) is 29.8 Å². The standard InChI is InChI=1S/C18H24N4O4S/c1-18(2,3)26-17(23)22-11-13-4-5-14(10-19)20-16(13)15(12-22)21-6-8-27(24,25)9-7-21/h4-5,15H,6-9,11-12H2,1-3H3. The summed E-state index contributed by atoms with van der Waals surface area (Å²) in [5, 5.41) is 9.18. The maximum Gasteiger partial charge on any atom is 0.410 e. The normalized spacial score (nSPS) is 22.6. The topological polar surface area (TPSA) is 104 Å². The second kappa shape index (κ2) is 7.09. The van der Waals surface area contributed by atoms with Gasteiger partial charge in [-0.2, -0.15) is 5.26 Å². The highest BCUT2D eigenvalue weighted by atomic mass is 32.2. The molecule has 8 nitrogen and oxygen atoms in total. The first-order valence-corrected chi connectivity index (χ1v) is 10.7. The van der Waals surface area contributed by atoms with Crippen LogP contribution in [0.2, 0.25) is 0 Å². The Morgan fingerprint density at radius 3 is 2.56 bits per heavy atom. The van der Waals surface area contributed by atoms with Crippen molar-refractivity contribution in [2.75, 3.05) is 31.1 Å². The van der Waals surface area contributed by atoms with Crippen LogP contribution in [0.5, 0.6) is 0 Å². The van der Waals surface area contributed by atoms with E-state index in [-0.39, 0.29) is 17.5 Å². The van der Waals surface area contributed by atoms with E-state index in [0.717, 1.165) is 11.3 Å². The third-order valence-electron chi connectivity index (χ3n) is 4.67. The quantitative estimate of drug-likeness (QED) is 0.713. The number of nitrogens with zero attached hydrogens (tertiary/aromatic N) is 4. The van der Waals surface area contributed by atoms with E-state index in [1.807, 2.05) is 37.8 Å². The highest BCUT2D eigenvalue weighted by Gasteiger charge is 2.37. The van der Waals surface area contributed by atoms with Crippen LogP contribution in [-0.4, -0.2) is 66.0 Å². The average molecular weight is 392 g/mol. The van der Waals surface area contributed by atoms with Crippen molar-refractivity contribution in [1.82, 2.24) is 14.8 Å². The Morgan fingerprint density at radius 2 is 1.96 bits per heavy atom. The van der Waals surface area contributed by atoms with Crippen LogP contribution in [0.25, 0.3) is 0 Å². The summed E-state index contributed by atoms with van der Waals surface area (Å²) in [6.07, 6.45) is -0.410. The summed E-state index contributed by atoms with van der Waals surface area (Å²) >= 11 is 0. The zero-order valence-electron chi connectivity index (χ0n) is 15.8. The second-order valence-electron chi connectivity index (χ2n) is 7.92. The minimum absolute atomic E-state index is 0.0865. The first kappa shape index (κ1) is 19.6. The smallest absolute Gasteiger partial charge is 0.410 e. The molecule has 0 saturated carbocycles. The molecule has 0 bridgehead atoms. The Hall–Kier alpha value is -2.18. The number of ether oxygens (including phenoxy) is 1. The molecule has 1 aromatic rings. The van der Waals surface area contributed by atoms with Crippen LogP contribution in [0.1, 0.15) is 43.8 Å². The molecule has 1 unspecified atom stereocenters. The van der Waals surface area contributed by atoms with E-state index < -0.39 is 21.5 Å². The van der Waals surface area contributed by atoms with Crippen molar-refractivity contribution in [3.05, 3.63) is 29.1 Å². The average Bonchev–Trinajstić information content (AvgIpc) is 2.59. The lowest BCUT2D eigenvalue weighted by molar-refractivity contribution is 0.0134. The van der Waals surface area contributed by atoms with Gasteiger partial charge in [-0.1, -0.05) is 6.07 Å². The van der Waals surface area contributed by atoms with Crippen LogP contribution in [0.4, 0.5) is 4.79 Å². The van der Waals surface area contributed by atoms with Gasteiger partial charge in [-0.3, -0.25) is 4.90 Å². The predicted molar refractivity (Wildman–Crippen MR) is 98.6 cm³/mol. The van der Waals surface area contributed by atoms with Gasteiger partial charge in [0.1, 0.15) is 17.4 Å². The number of carbonyl (C=O) groups is 1. The third-order valence-corrected chi connectivity index (χ3v) is 6.28. The number of sulfone groups is 1. The molecule has 9 heteroatoms. The van der Waals surface area contributed by atoms with Crippen LogP contribution >= 0.6 is 0 Å². The maximum atomic E-state index is 12.6. The minimum Gasteiger partial charge on any atom is -0.444 e. The number of pyridine rings is 1. The van der Waals surface area contributed by atoms with Crippen molar-refractivity contribution in [2.45, 2.75) is 39.0 Å². The summed E-state index contributed by atoms with van der Waals surface area (Å²) < 4.78 is 29.1. The van der Waals surface area contributed by atoms with E-state index in [9.17, 15) is 18.5 Å². The zero-order valence-corrected chi connectivity index (χ0v) is 16.6. The summed E-state index contributed by atoms with van der Waals surface area (Å²) in [6.45, 7) is 6.92. The van der Waals surface area contributed by atoms with Crippen LogP contribution < -0.4 is 0 Å². The Morgan fingerprint density at radius 1 is 1.30 bits per heavy atom. The Labute approximate surface area is 159 Å². The number of nitriles is 1. The van der Waals surface area contributed by atoms with Gasteiger partial charge in [0.15, 0.2) is 9.84 Å². The molecular weight excluding hydrogens is 368 g/mol. The van der Waals surface area contributed by atoms with E-state index in [4.69, 9.17) is 4.74 Å². The fraction of sp³-hybridized carbons (Fsp3) is 0.611.